The molecule has 0 N–H and O–H groups in total. The van der Waals surface area contributed by atoms with Crippen molar-refractivity contribution in [2.75, 3.05) is 6.54 Å². The third-order valence-corrected chi connectivity index (χ3v) is 4.65. The summed E-state index contributed by atoms with van der Waals surface area (Å²) in [4.78, 5) is 43.2. The number of carbonyl (C=O) groups excluding carboxylic acids is 3. The van der Waals surface area contributed by atoms with Crippen LogP contribution in [-0.2, 0) is 11.2 Å². The van der Waals surface area contributed by atoms with Crippen LogP contribution in [0.25, 0.3) is 0 Å². The van der Waals surface area contributed by atoms with E-state index in [1.807, 2.05) is 50.2 Å². The fraction of sp³-hybridized carbons (Fsp3) is 0.273. The van der Waals surface area contributed by atoms with E-state index in [0.717, 1.165) is 10.5 Å². The molecule has 3 rings (SSSR count). The number of carbonyl (C=O) groups is 3. The van der Waals surface area contributed by atoms with Gasteiger partial charge in [-0.2, -0.15) is 0 Å². The topological polar surface area (TPSA) is 66.8 Å². The Morgan fingerprint density at radius 2 is 1.59 bits per heavy atom. The zero-order valence-electron chi connectivity index (χ0n) is 15.5. The van der Waals surface area contributed by atoms with Gasteiger partial charge in [-0.1, -0.05) is 74.5 Å². The fourth-order valence-corrected chi connectivity index (χ4v) is 3.29. The van der Waals surface area contributed by atoms with Gasteiger partial charge >= 0.3 is 6.03 Å². The van der Waals surface area contributed by atoms with Gasteiger partial charge < -0.3 is 0 Å². The van der Waals surface area contributed by atoms with Crippen LogP contribution in [0.1, 0.15) is 29.8 Å². The largest absolute Gasteiger partial charge is 0.350 e. The maximum atomic E-state index is 13.0. The van der Waals surface area contributed by atoms with Crippen LogP contribution in [0, 0.1) is 11.8 Å². The van der Waals surface area contributed by atoms with Gasteiger partial charge in [0.15, 0.2) is 5.78 Å². The van der Waals surface area contributed by atoms with E-state index in [4.69, 9.17) is 0 Å². The van der Waals surface area contributed by atoms with Crippen molar-refractivity contribution in [3.8, 4) is 0 Å². The molecule has 1 aliphatic rings. The number of hydrogen-bond acceptors (Lipinski definition) is 3. The lowest BCUT2D eigenvalue weighted by molar-refractivity contribution is -0.131. The Bertz CT molecular complexity index is 873. The second kappa shape index (κ2) is 8.08. The summed E-state index contributed by atoms with van der Waals surface area (Å²) in [5.74, 6) is -1.16. The smallest absolute Gasteiger partial charge is 0.292 e. The SMILES string of the molecule is CC(C)C1C(=O)N(CC(=O)c2ccccc2)C(=O)N=C1Cc1ccccc1. The zero-order chi connectivity index (χ0) is 19.4. The molecule has 27 heavy (non-hydrogen) atoms. The van der Waals surface area contributed by atoms with Crippen LogP contribution in [0.5, 0.6) is 0 Å². The van der Waals surface area contributed by atoms with Crippen LogP contribution in [-0.4, -0.2) is 34.9 Å². The number of benzene rings is 2. The molecule has 5 heteroatoms. The molecule has 0 spiro atoms. The van der Waals surface area contributed by atoms with Gasteiger partial charge in [-0.05, 0) is 11.5 Å². The van der Waals surface area contributed by atoms with E-state index in [0.29, 0.717) is 17.7 Å². The number of aliphatic imine (C=N–C) groups is 1. The molecule has 3 amide bonds. The number of hydrogen-bond donors (Lipinski definition) is 0. The first kappa shape index (κ1) is 18.7. The first-order valence-electron chi connectivity index (χ1n) is 9.02. The molecule has 1 heterocycles. The minimum absolute atomic E-state index is 0.0256. The van der Waals surface area contributed by atoms with E-state index in [-0.39, 0.29) is 24.2 Å². The fourth-order valence-electron chi connectivity index (χ4n) is 3.29. The van der Waals surface area contributed by atoms with E-state index >= 15 is 0 Å². The standard InChI is InChI=1S/C22H22N2O3/c1-15(2)20-18(13-16-9-5-3-6-10-16)23-22(27)24(21(20)26)14-19(25)17-11-7-4-8-12-17/h3-12,15,20H,13-14H2,1-2H3. The maximum Gasteiger partial charge on any atom is 0.350 e. The lowest BCUT2D eigenvalue weighted by atomic mass is 9.85. The molecule has 2 aromatic carbocycles. The molecule has 1 unspecified atom stereocenters. The summed E-state index contributed by atoms with van der Waals surface area (Å²) in [6.07, 6.45) is 0.446. The quantitative estimate of drug-likeness (QED) is 0.734. The molecular weight excluding hydrogens is 340 g/mol. The van der Waals surface area contributed by atoms with E-state index in [1.54, 1.807) is 24.3 Å². The molecule has 0 saturated carbocycles. The van der Waals surface area contributed by atoms with Crippen molar-refractivity contribution in [1.82, 2.24) is 4.90 Å². The van der Waals surface area contributed by atoms with Gasteiger partial charge in [0.25, 0.3) is 0 Å². The molecule has 0 fully saturated rings. The molecule has 2 aromatic rings. The number of imide groups is 1. The van der Waals surface area contributed by atoms with Gasteiger partial charge in [0.1, 0.15) is 0 Å². The average Bonchev–Trinajstić information content (AvgIpc) is 2.66. The highest BCUT2D eigenvalue weighted by Gasteiger charge is 2.39. The summed E-state index contributed by atoms with van der Waals surface area (Å²) in [7, 11) is 0. The van der Waals surface area contributed by atoms with Crippen molar-refractivity contribution in [1.29, 1.82) is 0 Å². The minimum Gasteiger partial charge on any atom is -0.292 e. The van der Waals surface area contributed by atoms with Gasteiger partial charge in [-0.25, -0.2) is 9.79 Å². The molecule has 0 aliphatic carbocycles. The van der Waals surface area contributed by atoms with Crippen molar-refractivity contribution >= 4 is 23.4 Å². The predicted octanol–water partition coefficient (Wildman–Crippen LogP) is 3.79. The minimum atomic E-state index is -0.660. The van der Waals surface area contributed by atoms with E-state index in [1.165, 1.54) is 0 Å². The normalized spacial score (nSPS) is 17.2. The van der Waals surface area contributed by atoms with Crippen LogP contribution in [0.2, 0.25) is 0 Å². The first-order chi connectivity index (χ1) is 13.0. The predicted molar refractivity (Wildman–Crippen MR) is 104 cm³/mol. The van der Waals surface area contributed by atoms with E-state index < -0.39 is 11.9 Å². The van der Waals surface area contributed by atoms with Gasteiger partial charge in [0, 0.05) is 17.7 Å². The first-order valence-corrected chi connectivity index (χ1v) is 9.02. The lowest BCUT2D eigenvalue weighted by Gasteiger charge is -2.31. The van der Waals surface area contributed by atoms with Crippen molar-refractivity contribution in [2.24, 2.45) is 16.8 Å². The molecule has 5 nitrogen and oxygen atoms in total. The molecule has 1 aliphatic heterocycles. The number of Topliss-reactive ketones (excluding diaryl/α,β-unsaturated/α-hetero) is 1. The second-order valence-corrected chi connectivity index (χ2v) is 6.98. The monoisotopic (exact) mass is 362 g/mol. The number of rotatable bonds is 6. The summed E-state index contributed by atoms with van der Waals surface area (Å²) in [5, 5.41) is 0. The Balaban J connectivity index is 1.85. The molecule has 0 bridgehead atoms. The molecular formula is C22H22N2O3. The molecule has 0 aromatic heterocycles. The van der Waals surface area contributed by atoms with Crippen molar-refractivity contribution in [3.05, 3.63) is 71.8 Å². The highest BCUT2D eigenvalue weighted by atomic mass is 16.2. The summed E-state index contributed by atoms with van der Waals surface area (Å²) in [5.41, 5.74) is 2.03. The summed E-state index contributed by atoms with van der Waals surface area (Å²) >= 11 is 0. The summed E-state index contributed by atoms with van der Waals surface area (Å²) in [6.45, 7) is 3.57. The second-order valence-electron chi connectivity index (χ2n) is 6.98. The maximum absolute atomic E-state index is 13.0. The highest BCUT2D eigenvalue weighted by molar-refractivity contribution is 6.18. The Morgan fingerprint density at radius 1 is 1.00 bits per heavy atom. The number of urea groups is 1. The number of amides is 3. The lowest BCUT2D eigenvalue weighted by Crippen LogP contribution is -2.50. The van der Waals surface area contributed by atoms with Gasteiger partial charge in [0.2, 0.25) is 5.91 Å². The van der Waals surface area contributed by atoms with Crippen LogP contribution in [0.15, 0.2) is 65.7 Å². The van der Waals surface area contributed by atoms with Crippen LogP contribution in [0.4, 0.5) is 4.79 Å². The van der Waals surface area contributed by atoms with Gasteiger partial charge in [-0.3, -0.25) is 14.5 Å². The average molecular weight is 362 g/mol. The number of ketones is 1. The Kier molecular flexibility index (Phi) is 5.60. The molecule has 0 saturated heterocycles. The van der Waals surface area contributed by atoms with Crippen molar-refractivity contribution < 1.29 is 14.4 Å². The van der Waals surface area contributed by atoms with Crippen molar-refractivity contribution in [2.45, 2.75) is 20.3 Å². The van der Waals surface area contributed by atoms with Crippen LogP contribution in [0.3, 0.4) is 0 Å². The summed E-state index contributed by atoms with van der Waals surface area (Å²) in [6, 6.07) is 17.6. The van der Waals surface area contributed by atoms with Gasteiger partial charge in [-0.15, -0.1) is 0 Å². The Hall–Kier alpha value is -3.08. The van der Waals surface area contributed by atoms with Crippen LogP contribution >= 0.6 is 0 Å². The summed E-state index contributed by atoms with van der Waals surface area (Å²) < 4.78 is 0. The zero-order valence-corrected chi connectivity index (χ0v) is 15.5. The highest BCUT2D eigenvalue weighted by Crippen LogP contribution is 2.24. The molecule has 0 radical (unpaired) electrons. The van der Waals surface area contributed by atoms with Crippen molar-refractivity contribution in [3.63, 3.8) is 0 Å². The van der Waals surface area contributed by atoms with Crippen LogP contribution < -0.4 is 0 Å². The third kappa shape index (κ3) is 4.19. The van der Waals surface area contributed by atoms with E-state index in [9.17, 15) is 14.4 Å². The van der Waals surface area contributed by atoms with Gasteiger partial charge in [0.05, 0.1) is 12.5 Å². The molecule has 138 valence electrons. The molecule has 1 atom stereocenters. The Labute approximate surface area is 158 Å². The number of nitrogens with zero attached hydrogens (tertiary/aromatic N) is 2. The van der Waals surface area contributed by atoms with E-state index in [2.05, 4.69) is 4.99 Å². The third-order valence-electron chi connectivity index (χ3n) is 4.65. The Morgan fingerprint density at radius 3 is 2.19 bits per heavy atom.